The lowest BCUT2D eigenvalue weighted by Crippen LogP contribution is -2.43. The van der Waals surface area contributed by atoms with E-state index in [2.05, 4.69) is 15.6 Å². The van der Waals surface area contributed by atoms with Gasteiger partial charge in [-0.25, -0.2) is 9.79 Å². The zero-order valence-electron chi connectivity index (χ0n) is 19.2. The van der Waals surface area contributed by atoms with Gasteiger partial charge in [0, 0.05) is 19.5 Å². The monoisotopic (exact) mass is 455 g/mol. The lowest BCUT2D eigenvalue weighted by Gasteiger charge is -2.22. The molecule has 174 valence electrons. The van der Waals surface area contributed by atoms with E-state index in [1.807, 2.05) is 91.9 Å². The SMILES string of the molecule is CC1(Cc2ccccc2)N=C(N)N(Cc2ccc(CNC(=O)NCc3ccccc3)cc2)C1=O. The minimum atomic E-state index is -0.900. The number of aliphatic imine (C=N–C) groups is 1. The lowest BCUT2D eigenvalue weighted by atomic mass is 9.93. The molecule has 0 bridgehead atoms. The van der Waals surface area contributed by atoms with Crippen molar-refractivity contribution in [1.82, 2.24) is 15.5 Å². The Morgan fingerprint density at radius 3 is 1.91 bits per heavy atom. The van der Waals surface area contributed by atoms with E-state index >= 15 is 0 Å². The first kappa shape index (κ1) is 23.0. The summed E-state index contributed by atoms with van der Waals surface area (Å²) in [7, 11) is 0. The van der Waals surface area contributed by atoms with Crippen LogP contribution in [-0.2, 0) is 30.8 Å². The zero-order valence-corrected chi connectivity index (χ0v) is 19.2. The molecule has 1 aliphatic heterocycles. The van der Waals surface area contributed by atoms with E-state index in [0.717, 1.165) is 22.3 Å². The van der Waals surface area contributed by atoms with Gasteiger partial charge in [0.2, 0.25) is 0 Å². The van der Waals surface area contributed by atoms with Crippen molar-refractivity contribution in [3.05, 3.63) is 107 Å². The van der Waals surface area contributed by atoms with Crippen LogP contribution < -0.4 is 16.4 Å². The minimum absolute atomic E-state index is 0.102. The lowest BCUT2D eigenvalue weighted by molar-refractivity contribution is -0.131. The van der Waals surface area contributed by atoms with E-state index in [9.17, 15) is 9.59 Å². The van der Waals surface area contributed by atoms with Crippen molar-refractivity contribution < 1.29 is 9.59 Å². The maximum Gasteiger partial charge on any atom is 0.315 e. The summed E-state index contributed by atoms with van der Waals surface area (Å²) in [5.41, 5.74) is 9.21. The molecule has 0 spiro atoms. The molecule has 4 rings (SSSR count). The summed E-state index contributed by atoms with van der Waals surface area (Å²) in [5.74, 6) is 0.138. The van der Waals surface area contributed by atoms with Crippen LogP contribution in [-0.4, -0.2) is 28.3 Å². The van der Waals surface area contributed by atoms with Crippen LogP contribution in [0.3, 0.4) is 0 Å². The van der Waals surface area contributed by atoms with Gasteiger partial charge in [-0.2, -0.15) is 0 Å². The Balaban J connectivity index is 1.29. The van der Waals surface area contributed by atoms with Gasteiger partial charge in [-0.1, -0.05) is 84.9 Å². The average Bonchev–Trinajstić information content (AvgIpc) is 3.06. The molecular formula is C27H29N5O2. The Hall–Kier alpha value is -4.13. The summed E-state index contributed by atoms with van der Waals surface area (Å²) in [5, 5.41) is 5.70. The van der Waals surface area contributed by atoms with Crippen LogP contribution in [0.1, 0.15) is 29.2 Å². The molecule has 1 aliphatic rings. The quantitative estimate of drug-likeness (QED) is 0.486. The number of hydrogen-bond donors (Lipinski definition) is 3. The summed E-state index contributed by atoms with van der Waals surface area (Å²) >= 11 is 0. The van der Waals surface area contributed by atoms with Crippen molar-refractivity contribution >= 4 is 17.9 Å². The second-order valence-electron chi connectivity index (χ2n) is 8.64. The summed E-state index contributed by atoms with van der Waals surface area (Å²) in [6.07, 6.45) is 0.501. The fourth-order valence-corrected chi connectivity index (χ4v) is 3.99. The molecule has 1 heterocycles. The number of nitrogens with two attached hydrogens (primary N) is 1. The second-order valence-corrected chi connectivity index (χ2v) is 8.64. The summed E-state index contributed by atoms with van der Waals surface area (Å²) < 4.78 is 0. The van der Waals surface area contributed by atoms with Crippen LogP contribution >= 0.6 is 0 Å². The second kappa shape index (κ2) is 10.2. The van der Waals surface area contributed by atoms with Crippen molar-refractivity contribution in [2.45, 2.75) is 38.5 Å². The number of guanidine groups is 1. The molecule has 7 nitrogen and oxygen atoms in total. The highest BCUT2D eigenvalue weighted by Crippen LogP contribution is 2.27. The van der Waals surface area contributed by atoms with E-state index < -0.39 is 5.54 Å². The van der Waals surface area contributed by atoms with Crippen molar-refractivity contribution in [3.8, 4) is 0 Å². The third-order valence-electron chi connectivity index (χ3n) is 5.85. The van der Waals surface area contributed by atoms with E-state index in [1.54, 1.807) is 0 Å². The molecular weight excluding hydrogens is 426 g/mol. The Bertz CT molecular complexity index is 1160. The summed E-state index contributed by atoms with van der Waals surface area (Å²) in [4.78, 5) is 31.2. The highest BCUT2D eigenvalue weighted by molar-refractivity contribution is 6.06. The third-order valence-corrected chi connectivity index (χ3v) is 5.85. The number of benzene rings is 3. The number of hydrogen-bond acceptors (Lipinski definition) is 4. The summed E-state index contributed by atoms with van der Waals surface area (Å²) in [6, 6.07) is 27.1. The highest BCUT2D eigenvalue weighted by Gasteiger charge is 2.43. The van der Waals surface area contributed by atoms with Gasteiger partial charge in [0.1, 0.15) is 5.54 Å². The van der Waals surface area contributed by atoms with Crippen LogP contribution in [0.25, 0.3) is 0 Å². The maximum absolute atomic E-state index is 13.1. The first-order chi connectivity index (χ1) is 16.4. The summed E-state index contributed by atoms with van der Waals surface area (Å²) in [6.45, 7) is 3.06. The van der Waals surface area contributed by atoms with Crippen LogP contribution in [0.2, 0.25) is 0 Å². The van der Waals surface area contributed by atoms with Gasteiger partial charge in [0.25, 0.3) is 5.91 Å². The fraction of sp³-hybridized carbons (Fsp3) is 0.222. The number of rotatable bonds is 8. The molecule has 3 amide bonds. The number of nitrogens with zero attached hydrogens (tertiary/aromatic N) is 2. The molecule has 1 atom stereocenters. The Kier molecular flexibility index (Phi) is 6.92. The molecule has 0 saturated carbocycles. The first-order valence-corrected chi connectivity index (χ1v) is 11.3. The molecule has 34 heavy (non-hydrogen) atoms. The third kappa shape index (κ3) is 5.61. The van der Waals surface area contributed by atoms with Gasteiger partial charge >= 0.3 is 6.03 Å². The zero-order chi connectivity index (χ0) is 24.0. The molecule has 0 radical (unpaired) electrons. The molecule has 1 unspecified atom stereocenters. The molecule has 0 fully saturated rings. The molecule has 0 aromatic heterocycles. The van der Waals surface area contributed by atoms with E-state index in [4.69, 9.17) is 5.73 Å². The molecule has 0 aliphatic carbocycles. The standard InChI is InChI=1S/C27H29N5O2/c1-27(16-20-8-4-2-5-9-20)24(33)32(25(28)31-27)19-23-14-12-22(13-15-23)18-30-26(34)29-17-21-10-6-3-7-11-21/h2-15H,16-19H2,1H3,(H2,28,31)(H2,29,30,34). The van der Waals surface area contributed by atoms with Crippen molar-refractivity contribution in [1.29, 1.82) is 0 Å². The van der Waals surface area contributed by atoms with Gasteiger partial charge in [0.05, 0.1) is 6.54 Å². The predicted octanol–water partition coefficient (Wildman–Crippen LogP) is 3.34. The topological polar surface area (TPSA) is 99.8 Å². The first-order valence-electron chi connectivity index (χ1n) is 11.3. The van der Waals surface area contributed by atoms with Crippen LogP contribution in [0.4, 0.5) is 4.79 Å². The van der Waals surface area contributed by atoms with Gasteiger partial charge in [0.15, 0.2) is 5.96 Å². The fourth-order valence-electron chi connectivity index (χ4n) is 3.99. The number of nitrogens with one attached hydrogen (secondary N) is 2. The van der Waals surface area contributed by atoms with Crippen LogP contribution in [0.15, 0.2) is 89.9 Å². The van der Waals surface area contributed by atoms with Gasteiger partial charge in [-0.15, -0.1) is 0 Å². The number of carbonyl (C=O) groups excluding carboxylic acids is 2. The van der Waals surface area contributed by atoms with E-state index in [1.165, 1.54) is 4.90 Å². The van der Waals surface area contributed by atoms with Crippen LogP contribution in [0.5, 0.6) is 0 Å². The maximum atomic E-state index is 13.1. The average molecular weight is 456 g/mol. The Morgan fingerprint density at radius 2 is 1.32 bits per heavy atom. The molecule has 0 saturated heterocycles. The Labute approximate surface area is 199 Å². The van der Waals surface area contributed by atoms with Gasteiger partial charge in [-0.3, -0.25) is 9.69 Å². The predicted molar refractivity (Wildman–Crippen MR) is 133 cm³/mol. The van der Waals surface area contributed by atoms with E-state index in [-0.39, 0.29) is 17.9 Å². The molecule has 3 aromatic carbocycles. The number of amides is 3. The largest absolute Gasteiger partial charge is 0.369 e. The van der Waals surface area contributed by atoms with Gasteiger partial charge in [-0.05, 0) is 29.2 Å². The molecule has 3 aromatic rings. The van der Waals surface area contributed by atoms with Crippen molar-refractivity contribution in [2.24, 2.45) is 10.7 Å². The van der Waals surface area contributed by atoms with E-state index in [0.29, 0.717) is 26.1 Å². The van der Waals surface area contributed by atoms with Gasteiger partial charge < -0.3 is 16.4 Å². The smallest absolute Gasteiger partial charge is 0.315 e. The van der Waals surface area contributed by atoms with Crippen molar-refractivity contribution in [2.75, 3.05) is 0 Å². The molecule has 7 heteroatoms. The highest BCUT2D eigenvalue weighted by atomic mass is 16.2. The number of carbonyl (C=O) groups is 2. The van der Waals surface area contributed by atoms with Crippen LogP contribution in [0, 0.1) is 0 Å². The normalized spacial score (nSPS) is 17.4. The number of urea groups is 1. The van der Waals surface area contributed by atoms with Crippen molar-refractivity contribution in [3.63, 3.8) is 0 Å². The minimum Gasteiger partial charge on any atom is -0.369 e. The molecule has 4 N–H and O–H groups in total. The Morgan fingerprint density at radius 1 is 0.824 bits per heavy atom.